The van der Waals surface area contributed by atoms with Crippen LogP contribution in [0.15, 0.2) is 41.3 Å². The van der Waals surface area contributed by atoms with Crippen LogP contribution in [0, 0.1) is 0 Å². The average Bonchev–Trinajstić information content (AvgIpc) is 2.55. The lowest BCUT2D eigenvalue weighted by Gasteiger charge is -2.33. The molecule has 4 nitrogen and oxygen atoms in total. The molecule has 0 radical (unpaired) electrons. The highest BCUT2D eigenvalue weighted by molar-refractivity contribution is 7.89. The van der Waals surface area contributed by atoms with Crippen LogP contribution in [-0.4, -0.2) is 45.3 Å². The second-order valence-electron chi connectivity index (χ2n) is 6.56. The Morgan fingerprint density at radius 1 is 1.16 bits per heavy atom. The third-order valence-electron chi connectivity index (χ3n) is 4.53. The van der Waals surface area contributed by atoms with Gasteiger partial charge in [-0.25, -0.2) is 12.7 Å². The minimum absolute atomic E-state index is 0.0160. The van der Waals surface area contributed by atoms with Crippen molar-refractivity contribution in [1.29, 1.82) is 0 Å². The largest absolute Gasteiger partial charge is 0.301 e. The van der Waals surface area contributed by atoms with Crippen molar-refractivity contribution >= 4 is 33.2 Å². The summed E-state index contributed by atoms with van der Waals surface area (Å²) in [5.74, 6) is 0.0160. The Kier molecular flexibility index (Phi) is 5.15. The molecule has 134 valence electrons. The maximum Gasteiger partial charge on any atom is 0.242 e. The van der Waals surface area contributed by atoms with E-state index in [1.54, 1.807) is 24.3 Å². The molecular formula is C18H20Cl2N2O2S. The van der Waals surface area contributed by atoms with Crippen molar-refractivity contribution < 1.29 is 8.42 Å². The lowest BCUT2D eigenvalue weighted by Crippen LogP contribution is -2.31. The number of fused-ring (bicyclic) bond motifs is 1. The van der Waals surface area contributed by atoms with Crippen molar-refractivity contribution in [2.75, 3.05) is 27.7 Å². The third-order valence-corrected chi connectivity index (χ3v) is 6.90. The zero-order valence-corrected chi connectivity index (χ0v) is 16.7. The monoisotopic (exact) mass is 398 g/mol. The SMILES string of the molecule is CN1Cc2c(Cl)cc(Cl)cc2[C@H](c2cccc(S(=O)(=O)N(C)C)c2)C1. The van der Waals surface area contributed by atoms with E-state index in [0.717, 1.165) is 29.8 Å². The van der Waals surface area contributed by atoms with Crippen LogP contribution in [0.4, 0.5) is 0 Å². The number of hydrogen-bond acceptors (Lipinski definition) is 3. The van der Waals surface area contributed by atoms with Crippen LogP contribution in [-0.2, 0) is 16.6 Å². The van der Waals surface area contributed by atoms with E-state index in [1.165, 1.54) is 18.4 Å². The molecule has 0 bridgehead atoms. The maximum absolute atomic E-state index is 12.5. The number of benzene rings is 2. The molecule has 0 aromatic heterocycles. The highest BCUT2D eigenvalue weighted by atomic mass is 35.5. The van der Waals surface area contributed by atoms with Crippen LogP contribution < -0.4 is 0 Å². The van der Waals surface area contributed by atoms with Crippen LogP contribution in [0.1, 0.15) is 22.6 Å². The van der Waals surface area contributed by atoms with Crippen molar-refractivity contribution in [2.45, 2.75) is 17.4 Å². The van der Waals surface area contributed by atoms with Gasteiger partial charge in [-0.05, 0) is 48.0 Å². The van der Waals surface area contributed by atoms with Crippen molar-refractivity contribution in [3.05, 3.63) is 63.1 Å². The Hall–Kier alpha value is -1.11. The van der Waals surface area contributed by atoms with Gasteiger partial charge >= 0.3 is 0 Å². The lowest BCUT2D eigenvalue weighted by molar-refractivity contribution is 0.295. The Morgan fingerprint density at radius 3 is 2.56 bits per heavy atom. The minimum Gasteiger partial charge on any atom is -0.301 e. The summed E-state index contributed by atoms with van der Waals surface area (Å²) in [4.78, 5) is 2.47. The quantitative estimate of drug-likeness (QED) is 0.788. The first-order valence-corrected chi connectivity index (χ1v) is 10.1. The molecular weight excluding hydrogens is 379 g/mol. The zero-order valence-electron chi connectivity index (χ0n) is 14.3. The summed E-state index contributed by atoms with van der Waals surface area (Å²) in [6.45, 7) is 1.52. The van der Waals surface area contributed by atoms with Gasteiger partial charge in [0.15, 0.2) is 0 Å². The standard InChI is InChI=1S/C18H20Cl2N2O2S/c1-21(2)25(23,24)14-6-4-5-12(7-14)16-10-22(3)11-17-15(16)8-13(19)9-18(17)20/h4-9,16H,10-11H2,1-3H3/t16-/m0/s1. The van der Waals surface area contributed by atoms with E-state index in [0.29, 0.717) is 10.0 Å². The molecule has 7 heteroatoms. The number of halogens is 2. The number of likely N-dealkylation sites (N-methyl/N-ethyl adjacent to an activating group) is 1. The van der Waals surface area contributed by atoms with E-state index < -0.39 is 10.0 Å². The molecule has 25 heavy (non-hydrogen) atoms. The zero-order chi connectivity index (χ0) is 18.4. The molecule has 1 aliphatic rings. The fourth-order valence-electron chi connectivity index (χ4n) is 3.23. The van der Waals surface area contributed by atoms with Crippen LogP contribution >= 0.6 is 23.2 Å². The van der Waals surface area contributed by atoms with Crippen LogP contribution in [0.5, 0.6) is 0 Å². The molecule has 0 saturated heterocycles. The predicted octanol–water partition coefficient (Wildman–Crippen LogP) is 3.82. The van der Waals surface area contributed by atoms with E-state index in [-0.39, 0.29) is 10.8 Å². The van der Waals surface area contributed by atoms with Crippen molar-refractivity contribution in [2.24, 2.45) is 0 Å². The molecule has 2 aromatic rings. The number of hydrogen-bond donors (Lipinski definition) is 0. The van der Waals surface area contributed by atoms with E-state index in [9.17, 15) is 8.42 Å². The first kappa shape index (κ1) is 18.7. The number of rotatable bonds is 3. The average molecular weight is 399 g/mol. The molecule has 0 fully saturated rings. The van der Waals surface area contributed by atoms with Gasteiger partial charge in [-0.2, -0.15) is 0 Å². The van der Waals surface area contributed by atoms with E-state index in [1.807, 2.05) is 19.2 Å². The molecule has 0 N–H and O–H groups in total. The molecule has 0 saturated carbocycles. The first-order valence-electron chi connectivity index (χ1n) is 7.89. The van der Waals surface area contributed by atoms with Gasteiger partial charge in [0.25, 0.3) is 0 Å². The van der Waals surface area contributed by atoms with Gasteiger partial charge in [0.1, 0.15) is 0 Å². The van der Waals surface area contributed by atoms with Gasteiger partial charge in [-0.15, -0.1) is 0 Å². The highest BCUT2D eigenvalue weighted by Crippen LogP contribution is 2.38. The van der Waals surface area contributed by atoms with Gasteiger partial charge in [-0.3, -0.25) is 0 Å². The summed E-state index contributed by atoms with van der Waals surface area (Å²) in [6, 6.07) is 10.8. The molecule has 0 unspecified atom stereocenters. The van der Waals surface area contributed by atoms with Gasteiger partial charge in [0.2, 0.25) is 10.0 Å². The molecule has 1 atom stereocenters. The molecule has 3 rings (SSSR count). The fraction of sp³-hybridized carbons (Fsp3) is 0.333. The Balaban J connectivity index is 2.13. The first-order chi connectivity index (χ1) is 11.7. The Bertz CT molecular complexity index is 913. The van der Waals surface area contributed by atoms with Gasteiger partial charge in [-0.1, -0.05) is 35.3 Å². The predicted molar refractivity (Wildman–Crippen MR) is 102 cm³/mol. The fourth-order valence-corrected chi connectivity index (χ4v) is 4.76. The summed E-state index contributed by atoms with van der Waals surface area (Å²) < 4.78 is 26.1. The number of nitrogens with zero attached hydrogens (tertiary/aromatic N) is 2. The van der Waals surface area contributed by atoms with Crippen molar-refractivity contribution in [3.8, 4) is 0 Å². The summed E-state index contributed by atoms with van der Waals surface area (Å²) in [5.41, 5.74) is 3.05. The summed E-state index contributed by atoms with van der Waals surface area (Å²) in [5, 5.41) is 1.24. The smallest absolute Gasteiger partial charge is 0.242 e. The molecule has 1 heterocycles. The third kappa shape index (κ3) is 3.57. The second kappa shape index (κ2) is 6.89. The molecule has 1 aliphatic heterocycles. The van der Waals surface area contributed by atoms with E-state index in [2.05, 4.69) is 4.90 Å². The van der Waals surface area contributed by atoms with Gasteiger partial charge in [0.05, 0.1) is 4.90 Å². The van der Waals surface area contributed by atoms with Crippen molar-refractivity contribution in [1.82, 2.24) is 9.21 Å². The van der Waals surface area contributed by atoms with Crippen molar-refractivity contribution in [3.63, 3.8) is 0 Å². The number of sulfonamides is 1. The maximum atomic E-state index is 12.5. The van der Waals surface area contributed by atoms with Crippen LogP contribution in [0.2, 0.25) is 10.0 Å². The Morgan fingerprint density at radius 2 is 1.88 bits per heavy atom. The summed E-state index contributed by atoms with van der Waals surface area (Å²) in [7, 11) is 1.62. The van der Waals surface area contributed by atoms with E-state index >= 15 is 0 Å². The Labute approximate surface area is 159 Å². The molecule has 0 spiro atoms. The minimum atomic E-state index is -3.48. The van der Waals surface area contributed by atoms with Crippen LogP contribution in [0.25, 0.3) is 0 Å². The molecule has 0 amide bonds. The summed E-state index contributed by atoms with van der Waals surface area (Å²) in [6.07, 6.45) is 0. The van der Waals surface area contributed by atoms with E-state index in [4.69, 9.17) is 23.2 Å². The molecule has 2 aromatic carbocycles. The van der Waals surface area contributed by atoms with Crippen LogP contribution in [0.3, 0.4) is 0 Å². The lowest BCUT2D eigenvalue weighted by atomic mass is 9.85. The topological polar surface area (TPSA) is 40.6 Å². The van der Waals surface area contributed by atoms with Gasteiger partial charge < -0.3 is 4.90 Å². The van der Waals surface area contributed by atoms with Gasteiger partial charge in [0, 0.05) is 43.1 Å². The molecule has 0 aliphatic carbocycles. The second-order valence-corrected chi connectivity index (χ2v) is 9.56. The highest BCUT2D eigenvalue weighted by Gasteiger charge is 2.28. The normalized spacial score (nSPS) is 18.4. The summed E-state index contributed by atoms with van der Waals surface area (Å²) >= 11 is 12.6.